The average molecular weight is 354 g/mol. The van der Waals surface area contributed by atoms with Gasteiger partial charge in [0, 0.05) is 50.0 Å². The maximum Gasteiger partial charge on any atom is 0.123 e. The molecule has 1 fully saturated rings. The lowest BCUT2D eigenvalue weighted by atomic mass is 10.0. The molecule has 140 valence electrons. The highest BCUT2D eigenvalue weighted by atomic mass is 16.5. The van der Waals surface area contributed by atoms with Gasteiger partial charge in [0.15, 0.2) is 0 Å². The minimum Gasteiger partial charge on any atom is -0.496 e. The van der Waals surface area contributed by atoms with E-state index in [9.17, 15) is 0 Å². The number of hydrogen-bond donors (Lipinski definition) is 1. The topological polar surface area (TPSA) is 27.7 Å². The van der Waals surface area contributed by atoms with Gasteiger partial charge in [-0.2, -0.15) is 0 Å². The maximum absolute atomic E-state index is 5.51. The van der Waals surface area contributed by atoms with Crippen LogP contribution in [0.3, 0.4) is 0 Å². The number of benzene rings is 2. The van der Waals surface area contributed by atoms with Gasteiger partial charge < -0.3 is 19.9 Å². The number of rotatable bonds is 6. The van der Waals surface area contributed by atoms with Gasteiger partial charge in [-0.15, -0.1) is 0 Å². The number of anilines is 1. The van der Waals surface area contributed by atoms with Crippen LogP contribution in [0.5, 0.6) is 5.75 Å². The Balaban J connectivity index is 1.59. The molecule has 2 aromatic carbocycles. The number of likely N-dealkylation sites (N-methyl/N-ethyl adjacent to an activating group) is 1. The molecule has 2 aromatic rings. The van der Waals surface area contributed by atoms with Gasteiger partial charge in [0.05, 0.1) is 7.11 Å². The minimum atomic E-state index is 0.238. The Morgan fingerprint density at radius 3 is 2.38 bits per heavy atom. The van der Waals surface area contributed by atoms with Crippen LogP contribution in [0.15, 0.2) is 42.5 Å². The number of nitrogens with one attached hydrogen (secondary N) is 1. The second kappa shape index (κ2) is 8.56. The summed E-state index contributed by atoms with van der Waals surface area (Å²) < 4.78 is 5.51. The van der Waals surface area contributed by atoms with Gasteiger partial charge in [-0.25, -0.2) is 0 Å². The van der Waals surface area contributed by atoms with Crippen LogP contribution < -0.4 is 15.0 Å². The molecule has 1 atom stereocenters. The van der Waals surface area contributed by atoms with Crippen molar-refractivity contribution in [3.05, 3.63) is 59.2 Å². The molecule has 4 heteroatoms. The highest BCUT2D eigenvalue weighted by Gasteiger charge is 2.14. The molecule has 3 rings (SSSR count). The molecule has 0 radical (unpaired) electrons. The molecule has 0 saturated carbocycles. The standard InChI is InChI=1S/C22H31N3O/c1-17-5-10-22(26-4)21(15-17)18(2)23-16-19-6-8-20(9-7-19)25-13-11-24(3)12-14-25/h5-10,15,18,23H,11-14,16H2,1-4H3/t18-/m0/s1. The van der Waals surface area contributed by atoms with Gasteiger partial charge >= 0.3 is 0 Å². The van der Waals surface area contributed by atoms with Crippen molar-refractivity contribution in [2.24, 2.45) is 0 Å². The van der Waals surface area contributed by atoms with E-state index in [1.54, 1.807) is 7.11 Å². The van der Waals surface area contributed by atoms with E-state index in [4.69, 9.17) is 4.74 Å². The van der Waals surface area contributed by atoms with Gasteiger partial charge in [0.2, 0.25) is 0 Å². The zero-order chi connectivity index (χ0) is 18.5. The van der Waals surface area contributed by atoms with Crippen LogP contribution in [-0.4, -0.2) is 45.2 Å². The normalized spacial score (nSPS) is 16.5. The van der Waals surface area contributed by atoms with E-state index in [0.717, 1.165) is 38.5 Å². The number of methoxy groups -OCH3 is 1. The Hall–Kier alpha value is -2.04. The first-order valence-corrected chi connectivity index (χ1v) is 9.47. The summed E-state index contributed by atoms with van der Waals surface area (Å²) in [7, 11) is 3.93. The van der Waals surface area contributed by atoms with Crippen molar-refractivity contribution in [3.8, 4) is 5.75 Å². The molecule has 0 spiro atoms. The minimum absolute atomic E-state index is 0.238. The Labute approximate surface area is 157 Å². The summed E-state index contributed by atoms with van der Waals surface area (Å²) in [5.74, 6) is 0.945. The summed E-state index contributed by atoms with van der Waals surface area (Å²) in [4.78, 5) is 4.85. The van der Waals surface area contributed by atoms with Crippen molar-refractivity contribution in [1.82, 2.24) is 10.2 Å². The molecule has 1 saturated heterocycles. The van der Waals surface area contributed by atoms with Crippen LogP contribution in [0.25, 0.3) is 0 Å². The zero-order valence-electron chi connectivity index (χ0n) is 16.5. The van der Waals surface area contributed by atoms with Crippen molar-refractivity contribution in [2.45, 2.75) is 26.4 Å². The molecule has 1 N–H and O–H groups in total. The number of piperazine rings is 1. The van der Waals surface area contributed by atoms with Gasteiger partial charge in [-0.05, 0) is 44.7 Å². The molecule has 0 aliphatic carbocycles. The largest absolute Gasteiger partial charge is 0.496 e. The van der Waals surface area contributed by atoms with Crippen LogP contribution in [0, 0.1) is 6.92 Å². The van der Waals surface area contributed by atoms with E-state index in [-0.39, 0.29) is 6.04 Å². The summed E-state index contributed by atoms with van der Waals surface area (Å²) in [6.45, 7) is 9.65. The summed E-state index contributed by atoms with van der Waals surface area (Å²) >= 11 is 0. The molecule has 1 aliphatic rings. The molecule has 0 amide bonds. The van der Waals surface area contributed by atoms with E-state index in [1.165, 1.54) is 22.4 Å². The van der Waals surface area contributed by atoms with Crippen LogP contribution in [0.2, 0.25) is 0 Å². The first-order chi connectivity index (χ1) is 12.6. The number of nitrogens with zero attached hydrogens (tertiary/aromatic N) is 2. The van der Waals surface area contributed by atoms with Crippen molar-refractivity contribution in [1.29, 1.82) is 0 Å². The highest BCUT2D eigenvalue weighted by Crippen LogP contribution is 2.26. The summed E-state index contributed by atoms with van der Waals surface area (Å²) in [6.07, 6.45) is 0. The lowest BCUT2D eigenvalue weighted by Gasteiger charge is -2.34. The highest BCUT2D eigenvalue weighted by molar-refractivity contribution is 5.48. The molecule has 4 nitrogen and oxygen atoms in total. The molecular formula is C22H31N3O. The lowest BCUT2D eigenvalue weighted by molar-refractivity contribution is 0.313. The fourth-order valence-electron chi connectivity index (χ4n) is 3.46. The molecular weight excluding hydrogens is 322 g/mol. The fraction of sp³-hybridized carbons (Fsp3) is 0.455. The smallest absolute Gasteiger partial charge is 0.123 e. The fourth-order valence-corrected chi connectivity index (χ4v) is 3.46. The molecule has 26 heavy (non-hydrogen) atoms. The molecule has 0 unspecified atom stereocenters. The average Bonchev–Trinajstić information content (AvgIpc) is 2.67. The van der Waals surface area contributed by atoms with Crippen LogP contribution >= 0.6 is 0 Å². The van der Waals surface area contributed by atoms with E-state index < -0.39 is 0 Å². The third kappa shape index (κ3) is 4.57. The van der Waals surface area contributed by atoms with E-state index in [1.807, 2.05) is 6.07 Å². The quantitative estimate of drug-likeness (QED) is 0.859. The zero-order valence-corrected chi connectivity index (χ0v) is 16.5. The molecule has 1 aliphatic heterocycles. The Bertz CT molecular complexity index is 706. The molecule has 0 bridgehead atoms. The Morgan fingerprint density at radius 2 is 1.73 bits per heavy atom. The van der Waals surface area contributed by atoms with Crippen LogP contribution in [0.4, 0.5) is 5.69 Å². The first-order valence-electron chi connectivity index (χ1n) is 9.47. The number of ether oxygens (including phenoxy) is 1. The van der Waals surface area contributed by atoms with Gasteiger partial charge in [0.25, 0.3) is 0 Å². The van der Waals surface area contributed by atoms with Crippen molar-refractivity contribution < 1.29 is 4.74 Å². The van der Waals surface area contributed by atoms with E-state index in [0.29, 0.717) is 0 Å². The van der Waals surface area contributed by atoms with Gasteiger partial charge in [-0.1, -0.05) is 29.8 Å². The summed E-state index contributed by atoms with van der Waals surface area (Å²) in [6, 6.07) is 15.6. The summed E-state index contributed by atoms with van der Waals surface area (Å²) in [5.41, 5.74) is 5.10. The third-order valence-corrected chi connectivity index (χ3v) is 5.27. The first kappa shape index (κ1) is 18.7. The lowest BCUT2D eigenvalue weighted by Crippen LogP contribution is -2.44. The molecule has 1 heterocycles. The van der Waals surface area contributed by atoms with Crippen molar-refractivity contribution in [3.63, 3.8) is 0 Å². The maximum atomic E-state index is 5.51. The van der Waals surface area contributed by atoms with Crippen molar-refractivity contribution in [2.75, 3.05) is 45.2 Å². The van der Waals surface area contributed by atoms with E-state index in [2.05, 4.69) is 72.4 Å². The second-order valence-corrected chi connectivity index (χ2v) is 7.30. The number of aryl methyl sites for hydroxylation is 1. The van der Waals surface area contributed by atoms with Crippen molar-refractivity contribution >= 4 is 5.69 Å². The van der Waals surface area contributed by atoms with Gasteiger partial charge in [0.1, 0.15) is 5.75 Å². The predicted octanol–water partition coefficient (Wildman–Crippen LogP) is 3.61. The van der Waals surface area contributed by atoms with Gasteiger partial charge in [-0.3, -0.25) is 0 Å². The Morgan fingerprint density at radius 1 is 1.04 bits per heavy atom. The Kier molecular flexibility index (Phi) is 6.17. The molecule has 0 aromatic heterocycles. The van der Waals surface area contributed by atoms with Crippen LogP contribution in [0.1, 0.15) is 29.7 Å². The monoisotopic (exact) mass is 353 g/mol. The van der Waals surface area contributed by atoms with Crippen LogP contribution in [-0.2, 0) is 6.54 Å². The predicted molar refractivity (Wildman–Crippen MR) is 109 cm³/mol. The number of hydrogen-bond acceptors (Lipinski definition) is 4. The SMILES string of the molecule is COc1ccc(C)cc1[C@H](C)NCc1ccc(N2CCN(C)CC2)cc1. The summed E-state index contributed by atoms with van der Waals surface area (Å²) in [5, 5.41) is 3.62. The second-order valence-electron chi connectivity index (χ2n) is 7.30. The van der Waals surface area contributed by atoms with E-state index >= 15 is 0 Å². The third-order valence-electron chi connectivity index (χ3n) is 5.27.